The summed E-state index contributed by atoms with van der Waals surface area (Å²) in [7, 11) is -2.30. The minimum Gasteiger partial charge on any atom is -0.360 e. The van der Waals surface area contributed by atoms with E-state index < -0.39 is 10.0 Å². The van der Waals surface area contributed by atoms with Crippen molar-refractivity contribution in [2.45, 2.75) is 18.2 Å². The van der Waals surface area contributed by atoms with Gasteiger partial charge in [0.15, 0.2) is 5.82 Å². The topological polar surface area (TPSA) is 96.1 Å². The van der Waals surface area contributed by atoms with E-state index in [0.717, 1.165) is 15.4 Å². The number of rotatable bonds is 6. The van der Waals surface area contributed by atoms with Crippen molar-refractivity contribution >= 4 is 28.0 Å². The van der Waals surface area contributed by atoms with Gasteiger partial charge >= 0.3 is 0 Å². The van der Waals surface area contributed by atoms with Crippen molar-refractivity contribution in [2.24, 2.45) is 5.10 Å². The second-order valence-corrected chi connectivity index (χ2v) is 9.34. The zero-order chi connectivity index (χ0) is 22.7. The molecule has 0 aliphatic carbocycles. The van der Waals surface area contributed by atoms with Gasteiger partial charge in [-0.2, -0.15) is 5.10 Å². The fourth-order valence-corrected chi connectivity index (χ4v) is 4.33. The smallest absolute Gasteiger partial charge is 0.274 e. The molecule has 8 nitrogen and oxygen atoms in total. The van der Waals surface area contributed by atoms with E-state index in [-0.39, 0.29) is 16.6 Å². The molecule has 1 aliphatic rings. The summed E-state index contributed by atoms with van der Waals surface area (Å²) in [6.07, 6.45) is 4.25. The average molecular weight is 451 g/mol. The molecule has 0 unspecified atom stereocenters. The lowest BCUT2D eigenvalue weighted by atomic mass is 10.1. The predicted molar refractivity (Wildman–Crippen MR) is 121 cm³/mol. The quantitative estimate of drug-likeness (QED) is 0.573. The molecular formula is C23H22N4O4S. The maximum atomic E-state index is 12.8. The van der Waals surface area contributed by atoms with Crippen molar-refractivity contribution < 1.29 is 17.7 Å². The number of hydrogen-bond donors (Lipinski definition) is 0. The normalized spacial score (nSPS) is 14.8. The van der Waals surface area contributed by atoms with Crippen LogP contribution in [-0.2, 0) is 16.4 Å². The molecule has 2 heterocycles. The molecular weight excluding hydrogens is 428 g/mol. The highest BCUT2D eigenvalue weighted by Crippen LogP contribution is 2.22. The highest BCUT2D eigenvalue weighted by molar-refractivity contribution is 7.92. The second kappa shape index (κ2) is 8.80. The van der Waals surface area contributed by atoms with Crippen molar-refractivity contribution in [1.82, 2.24) is 10.2 Å². The number of anilines is 1. The van der Waals surface area contributed by atoms with E-state index in [9.17, 15) is 13.2 Å². The van der Waals surface area contributed by atoms with Gasteiger partial charge in [-0.1, -0.05) is 41.6 Å². The molecule has 0 fully saturated rings. The summed E-state index contributed by atoms with van der Waals surface area (Å²) in [5.41, 5.74) is 2.46. The Morgan fingerprint density at radius 2 is 1.88 bits per heavy atom. The Bertz CT molecular complexity index is 1280. The fourth-order valence-electron chi connectivity index (χ4n) is 3.20. The van der Waals surface area contributed by atoms with Crippen LogP contribution in [-0.4, -0.2) is 44.3 Å². The zero-order valence-corrected chi connectivity index (χ0v) is 18.5. The summed E-state index contributed by atoms with van der Waals surface area (Å²) in [6.45, 7) is 2.11. The number of nitrogens with zero attached hydrogens (tertiary/aromatic N) is 4. The molecule has 164 valence electrons. The lowest BCUT2D eigenvalue weighted by molar-refractivity contribution is 0.0785. The summed E-state index contributed by atoms with van der Waals surface area (Å²) in [5.74, 6) is 0.614. The van der Waals surface area contributed by atoms with Crippen LogP contribution in [0.5, 0.6) is 0 Å². The molecule has 9 heteroatoms. The van der Waals surface area contributed by atoms with Crippen molar-refractivity contribution in [1.29, 1.82) is 0 Å². The SMILES string of the molecule is Cc1cc(N(C)S(=O)(=O)c2ccc(C/C=C3\C=NN(C(=O)c4ccccc4)C3)cc2)no1. The van der Waals surface area contributed by atoms with E-state index in [2.05, 4.69) is 10.3 Å². The number of allylic oxidation sites excluding steroid dienone is 1. The number of aryl methyl sites for hydroxylation is 1. The van der Waals surface area contributed by atoms with Crippen molar-refractivity contribution in [2.75, 3.05) is 17.9 Å². The van der Waals surface area contributed by atoms with E-state index in [0.29, 0.717) is 24.3 Å². The number of hydrogen-bond acceptors (Lipinski definition) is 6. The van der Waals surface area contributed by atoms with E-state index in [4.69, 9.17) is 4.52 Å². The first-order valence-corrected chi connectivity index (χ1v) is 11.4. The van der Waals surface area contributed by atoms with Crippen LogP contribution in [0, 0.1) is 6.92 Å². The third kappa shape index (κ3) is 4.47. The molecule has 2 aromatic carbocycles. The molecule has 4 rings (SSSR count). The first kappa shape index (κ1) is 21.5. The lowest BCUT2D eigenvalue weighted by Gasteiger charge is -2.16. The van der Waals surface area contributed by atoms with Crippen LogP contribution in [0.4, 0.5) is 5.82 Å². The molecule has 0 saturated heterocycles. The van der Waals surface area contributed by atoms with Crippen LogP contribution >= 0.6 is 0 Å². The van der Waals surface area contributed by atoms with Crippen LogP contribution in [0.25, 0.3) is 0 Å². The predicted octanol–water partition coefficient (Wildman–Crippen LogP) is 3.42. The number of benzene rings is 2. The summed E-state index contributed by atoms with van der Waals surface area (Å²) in [4.78, 5) is 12.6. The summed E-state index contributed by atoms with van der Waals surface area (Å²) in [6, 6.07) is 17.3. The van der Waals surface area contributed by atoms with E-state index in [1.165, 1.54) is 12.1 Å². The van der Waals surface area contributed by atoms with Crippen molar-refractivity contribution in [3.8, 4) is 0 Å². The first-order valence-electron chi connectivity index (χ1n) is 9.96. The molecule has 0 N–H and O–H groups in total. The molecule has 1 aliphatic heterocycles. The van der Waals surface area contributed by atoms with Gasteiger partial charge in [-0.3, -0.25) is 9.10 Å². The highest BCUT2D eigenvalue weighted by Gasteiger charge is 2.24. The third-order valence-electron chi connectivity index (χ3n) is 5.07. The zero-order valence-electron chi connectivity index (χ0n) is 17.7. The van der Waals surface area contributed by atoms with Crippen molar-refractivity contribution in [3.05, 3.63) is 89.2 Å². The number of hydrazone groups is 1. The molecule has 0 spiro atoms. The van der Waals surface area contributed by atoms with Gasteiger partial charge in [0, 0.05) is 18.7 Å². The Morgan fingerprint density at radius 3 is 2.53 bits per heavy atom. The highest BCUT2D eigenvalue weighted by atomic mass is 32.2. The van der Waals surface area contributed by atoms with E-state index in [1.54, 1.807) is 55.6 Å². The van der Waals surface area contributed by atoms with E-state index >= 15 is 0 Å². The standard InChI is InChI=1S/C23H22N4O4S/c1-17-14-22(25-31-17)26(2)32(29,30)21-12-10-18(11-13-21)8-9-19-15-24-27(16-19)23(28)20-6-4-3-5-7-20/h3-7,9-15H,8,16H2,1-2H3/b19-9+. The van der Waals surface area contributed by atoms with Gasteiger partial charge in [-0.15, -0.1) is 0 Å². The van der Waals surface area contributed by atoms with Crippen molar-refractivity contribution in [3.63, 3.8) is 0 Å². The number of carbonyl (C=O) groups is 1. The van der Waals surface area contributed by atoms with Gasteiger partial charge in [0.25, 0.3) is 15.9 Å². The minimum absolute atomic E-state index is 0.147. The van der Waals surface area contributed by atoms with Gasteiger partial charge < -0.3 is 4.52 Å². The molecule has 0 atom stereocenters. The molecule has 0 radical (unpaired) electrons. The van der Waals surface area contributed by atoms with Gasteiger partial charge in [0.2, 0.25) is 0 Å². The maximum Gasteiger partial charge on any atom is 0.274 e. The summed E-state index contributed by atoms with van der Waals surface area (Å²) < 4.78 is 31.7. The van der Waals surface area contributed by atoms with Crippen LogP contribution in [0.2, 0.25) is 0 Å². The average Bonchev–Trinajstić information content (AvgIpc) is 3.46. The Labute approximate surface area is 186 Å². The Balaban J connectivity index is 1.40. The van der Waals surface area contributed by atoms with Crippen LogP contribution in [0.15, 0.2) is 86.8 Å². The molecule has 3 aromatic rings. The second-order valence-electron chi connectivity index (χ2n) is 7.37. The van der Waals surface area contributed by atoms with Crippen LogP contribution in [0.3, 0.4) is 0 Å². The summed E-state index contributed by atoms with van der Waals surface area (Å²) >= 11 is 0. The fraction of sp³-hybridized carbons (Fsp3) is 0.174. The maximum absolute atomic E-state index is 12.8. The number of aromatic nitrogens is 1. The largest absolute Gasteiger partial charge is 0.360 e. The van der Waals surface area contributed by atoms with Gasteiger partial charge in [-0.25, -0.2) is 13.4 Å². The summed E-state index contributed by atoms with van der Waals surface area (Å²) in [5, 5.41) is 9.38. The van der Waals surface area contributed by atoms with Crippen LogP contribution in [0.1, 0.15) is 21.7 Å². The number of sulfonamides is 1. The van der Waals surface area contributed by atoms with E-state index in [1.807, 2.05) is 24.3 Å². The number of carbonyl (C=O) groups excluding carboxylic acids is 1. The Hall–Kier alpha value is -3.72. The molecule has 32 heavy (non-hydrogen) atoms. The van der Waals surface area contributed by atoms with Gasteiger partial charge in [0.05, 0.1) is 17.7 Å². The minimum atomic E-state index is -3.74. The van der Waals surface area contributed by atoms with Crippen LogP contribution < -0.4 is 4.31 Å². The van der Waals surface area contributed by atoms with Gasteiger partial charge in [0.1, 0.15) is 5.76 Å². The Kier molecular flexibility index (Phi) is 5.91. The third-order valence-corrected chi connectivity index (χ3v) is 6.85. The van der Waals surface area contributed by atoms with Gasteiger partial charge in [-0.05, 0) is 48.7 Å². The molecule has 1 amide bonds. The first-order chi connectivity index (χ1) is 15.3. The molecule has 1 aromatic heterocycles. The molecule has 0 saturated carbocycles. The number of amides is 1. The Morgan fingerprint density at radius 1 is 1.16 bits per heavy atom. The molecule has 0 bridgehead atoms. The monoisotopic (exact) mass is 450 g/mol. The lowest BCUT2D eigenvalue weighted by Crippen LogP contribution is -2.26.